The molecule has 1 rings (SSSR count). The van der Waals surface area contributed by atoms with Gasteiger partial charge in [0.05, 0.1) is 7.11 Å². The number of hydrogen-bond donors (Lipinski definition) is 1. The molecule has 21 heavy (non-hydrogen) atoms. The summed E-state index contributed by atoms with van der Waals surface area (Å²) in [7, 11) is 3.49. The number of methoxy groups -OCH3 is 1. The van der Waals surface area contributed by atoms with Crippen molar-refractivity contribution < 1.29 is 9.53 Å². The minimum absolute atomic E-state index is 0.214. The third kappa shape index (κ3) is 4.74. The van der Waals surface area contributed by atoms with Crippen LogP contribution in [0.2, 0.25) is 0 Å². The number of rotatable bonds is 7. The Kier molecular flexibility index (Phi) is 6.21. The Morgan fingerprint density at radius 1 is 1.38 bits per heavy atom. The molecule has 0 fully saturated rings. The van der Waals surface area contributed by atoms with Crippen molar-refractivity contribution in [2.75, 3.05) is 25.6 Å². The molecule has 1 unspecified atom stereocenters. The van der Waals surface area contributed by atoms with E-state index in [1.807, 2.05) is 32.9 Å². The van der Waals surface area contributed by atoms with Crippen molar-refractivity contribution in [1.82, 2.24) is 5.32 Å². The van der Waals surface area contributed by atoms with Crippen molar-refractivity contribution in [3.63, 3.8) is 0 Å². The fraction of sp³-hybridized carbons (Fsp3) is 0.588. The number of anilines is 1. The van der Waals surface area contributed by atoms with Crippen LogP contribution in [-0.2, 0) is 9.53 Å². The number of esters is 1. The molecule has 0 aromatic heterocycles. The molecular weight excluding hydrogens is 264 g/mol. The third-order valence-electron chi connectivity index (χ3n) is 3.72. The number of carbonyl (C=O) groups excluding carboxylic acids is 1. The quantitative estimate of drug-likeness (QED) is 0.785. The van der Waals surface area contributed by atoms with Crippen LogP contribution < -0.4 is 10.2 Å². The summed E-state index contributed by atoms with van der Waals surface area (Å²) in [5.74, 6) is -0.214. The maximum atomic E-state index is 12.1. The van der Waals surface area contributed by atoms with Gasteiger partial charge in [-0.15, -0.1) is 0 Å². The van der Waals surface area contributed by atoms with Crippen LogP contribution in [0.1, 0.15) is 32.8 Å². The van der Waals surface area contributed by atoms with Crippen LogP contribution >= 0.6 is 0 Å². The normalized spacial score (nSPS) is 13.9. The lowest BCUT2D eigenvalue weighted by molar-refractivity contribution is -0.148. The molecule has 0 aliphatic rings. The van der Waals surface area contributed by atoms with Gasteiger partial charge in [0.15, 0.2) is 0 Å². The zero-order valence-corrected chi connectivity index (χ0v) is 14.1. The molecule has 0 radical (unpaired) electrons. The first-order valence-electron chi connectivity index (χ1n) is 7.43. The van der Waals surface area contributed by atoms with Gasteiger partial charge in [0, 0.05) is 25.3 Å². The van der Waals surface area contributed by atoms with E-state index in [2.05, 4.69) is 36.3 Å². The molecule has 1 N–H and O–H groups in total. The Bertz CT molecular complexity index is 474. The Morgan fingerprint density at radius 2 is 2.00 bits per heavy atom. The molecule has 118 valence electrons. The lowest BCUT2D eigenvalue weighted by Crippen LogP contribution is -2.54. The lowest BCUT2D eigenvalue weighted by atomic mass is 9.96. The second kappa shape index (κ2) is 7.46. The predicted molar refractivity (Wildman–Crippen MR) is 87.8 cm³/mol. The van der Waals surface area contributed by atoms with Crippen LogP contribution in [0.25, 0.3) is 0 Å². The van der Waals surface area contributed by atoms with Gasteiger partial charge in [-0.3, -0.25) is 10.1 Å². The number of aryl methyl sites for hydroxylation is 1. The molecular formula is C17H28N2O2. The number of ether oxygens (including phenoxy) is 1. The van der Waals surface area contributed by atoms with Crippen molar-refractivity contribution in [2.45, 2.75) is 45.7 Å². The fourth-order valence-corrected chi connectivity index (χ4v) is 2.60. The average molecular weight is 292 g/mol. The van der Waals surface area contributed by atoms with Crippen LogP contribution in [-0.4, -0.2) is 38.3 Å². The first kappa shape index (κ1) is 17.5. The van der Waals surface area contributed by atoms with Crippen molar-refractivity contribution in [3.05, 3.63) is 29.8 Å². The molecule has 4 nitrogen and oxygen atoms in total. The van der Waals surface area contributed by atoms with Crippen molar-refractivity contribution >= 4 is 11.7 Å². The fourth-order valence-electron chi connectivity index (χ4n) is 2.60. The molecule has 0 saturated heterocycles. The monoisotopic (exact) mass is 292 g/mol. The Labute approximate surface area is 128 Å². The zero-order valence-electron chi connectivity index (χ0n) is 14.1. The second-order valence-electron chi connectivity index (χ2n) is 6.08. The second-order valence-corrected chi connectivity index (χ2v) is 6.08. The van der Waals surface area contributed by atoms with Crippen LogP contribution in [0.5, 0.6) is 0 Å². The van der Waals surface area contributed by atoms with Gasteiger partial charge in [0.1, 0.15) is 5.54 Å². The van der Waals surface area contributed by atoms with E-state index in [1.54, 1.807) is 0 Å². The van der Waals surface area contributed by atoms with Gasteiger partial charge in [-0.2, -0.15) is 0 Å². The summed E-state index contributed by atoms with van der Waals surface area (Å²) >= 11 is 0. The number of carbonyl (C=O) groups is 1. The van der Waals surface area contributed by atoms with Crippen LogP contribution in [0.3, 0.4) is 0 Å². The van der Waals surface area contributed by atoms with E-state index in [0.29, 0.717) is 6.42 Å². The van der Waals surface area contributed by atoms with Gasteiger partial charge in [0.2, 0.25) is 0 Å². The first-order chi connectivity index (χ1) is 9.80. The number of para-hydroxylation sites is 1. The van der Waals surface area contributed by atoms with E-state index >= 15 is 0 Å². The largest absolute Gasteiger partial charge is 0.468 e. The molecule has 0 bridgehead atoms. The SMILES string of the molecule is COC(=O)C(C)(CCN(C)c1ccccc1C)NC(C)C. The summed E-state index contributed by atoms with van der Waals surface area (Å²) in [5, 5.41) is 3.33. The maximum absolute atomic E-state index is 12.1. The average Bonchev–Trinajstić information content (AvgIpc) is 2.43. The topological polar surface area (TPSA) is 41.6 Å². The molecule has 0 amide bonds. The number of hydrogen-bond acceptors (Lipinski definition) is 4. The van der Waals surface area contributed by atoms with E-state index in [4.69, 9.17) is 4.74 Å². The van der Waals surface area contributed by atoms with E-state index < -0.39 is 5.54 Å². The highest BCUT2D eigenvalue weighted by atomic mass is 16.5. The van der Waals surface area contributed by atoms with Gasteiger partial charge in [0.25, 0.3) is 0 Å². The van der Waals surface area contributed by atoms with E-state index in [9.17, 15) is 4.79 Å². The van der Waals surface area contributed by atoms with E-state index in [0.717, 1.165) is 6.54 Å². The first-order valence-corrected chi connectivity index (χ1v) is 7.43. The number of nitrogens with zero attached hydrogens (tertiary/aromatic N) is 1. The predicted octanol–water partition coefficient (Wildman–Crippen LogP) is 2.75. The highest BCUT2D eigenvalue weighted by Crippen LogP contribution is 2.20. The molecule has 0 spiro atoms. The molecule has 0 aliphatic carbocycles. The van der Waals surface area contributed by atoms with Crippen molar-refractivity contribution in [2.24, 2.45) is 0 Å². The Balaban J connectivity index is 2.77. The summed E-state index contributed by atoms with van der Waals surface area (Å²) in [4.78, 5) is 14.3. The van der Waals surface area contributed by atoms with Crippen molar-refractivity contribution in [1.29, 1.82) is 0 Å². The molecule has 1 atom stereocenters. The smallest absolute Gasteiger partial charge is 0.325 e. The van der Waals surface area contributed by atoms with E-state index in [1.165, 1.54) is 18.4 Å². The number of benzene rings is 1. The molecule has 0 saturated carbocycles. The summed E-state index contributed by atoms with van der Waals surface area (Å²) in [6.45, 7) is 8.84. The summed E-state index contributed by atoms with van der Waals surface area (Å²) in [6.07, 6.45) is 0.683. The van der Waals surface area contributed by atoms with E-state index in [-0.39, 0.29) is 12.0 Å². The van der Waals surface area contributed by atoms with Gasteiger partial charge < -0.3 is 9.64 Å². The Morgan fingerprint density at radius 3 is 2.52 bits per heavy atom. The standard InChI is InChI=1S/C17H28N2O2/c1-13(2)18-17(4,16(20)21-6)11-12-19(5)15-10-8-7-9-14(15)3/h7-10,13,18H,11-12H2,1-6H3. The van der Waals surface area contributed by atoms with Gasteiger partial charge >= 0.3 is 5.97 Å². The maximum Gasteiger partial charge on any atom is 0.325 e. The summed E-state index contributed by atoms with van der Waals surface area (Å²) < 4.78 is 4.96. The van der Waals surface area contributed by atoms with Crippen molar-refractivity contribution in [3.8, 4) is 0 Å². The molecule has 1 aromatic carbocycles. The third-order valence-corrected chi connectivity index (χ3v) is 3.72. The Hall–Kier alpha value is -1.55. The van der Waals surface area contributed by atoms with Gasteiger partial charge in [-0.1, -0.05) is 18.2 Å². The number of nitrogens with one attached hydrogen (secondary N) is 1. The lowest BCUT2D eigenvalue weighted by Gasteiger charge is -2.32. The molecule has 4 heteroatoms. The van der Waals surface area contributed by atoms with Gasteiger partial charge in [-0.05, 0) is 45.7 Å². The van der Waals surface area contributed by atoms with Gasteiger partial charge in [-0.25, -0.2) is 0 Å². The van der Waals surface area contributed by atoms with Crippen LogP contribution in [0, 0.1) is 6.92 Å². The minimum Gasteiger partial charge on any atom is -0.468 e. The highest BCUT2D eigenvalue weighted by Gasteiger charge is 2.34. The van der Waals surface area contributed by atoms with Crippen LogP contribution in [0.4, 0.5) is 5.69 Å². The highest BCUT2D eigenvalue weighted by molar-refractivity contribution is 5.80. The summed E-state index contributed by atoms with van der Waals surface area (Å²) in [6, 6.07) is 8.48. The summed E-state index contributed by atoms with van der Waals surface area (Å²) in [5.41, 5.74) is 1.76. The zero-order chi connectivity index (χ0) is 16.0. The van der Waals surface area contributed by atoms with Crippen LogP contribution in [0.15, 0.2) is 24.3 Å². The molecule has 1 aromatic rings. The minimum atomic E-state index is -0.667. The molecule has 0 aliphatic heterocycles. The molecule has 0 heterocycles.